The van der Waals surface area contributed by atoms with Crippen LogP contribution in [-0.2, 0) is 27.2 Å². The Morgan fingerprint density at radius 2 is 1.97 bits per heavy atom. The van der Waals surface area contributed by atoms with E-state index in [1.54, 1.807) is 25.3 Å². The van der Waals surface area contributed by atoms with Gasteiger partial charge in [0.25, 0.3) is 0 Å². The molecule has 1 atom stereocenters. The average molecular weight is 442 g/mol. The molecule has 11 nitrogen and oxygen atoms in total. The van der Waals surface area contributed by atoms with Gasteiger partial charge in [-0.15, -0.1) is 5.10 Å². The number of aryl methyl sites for hydroxylation is 2. The van der Waals surface area contributed by atoms with Crippen molar-refractivity contribution < 1.29 is 29.0 Å². The maximum Gasteiger partial charge on any atom is 0.340 e. The third kappa shape index (κ3) is 4.99. The molecule has 0 fully saturated rings. The highest BCUT2D eigenvalue weighted by molar-refractivity contribution is 5.97. The molecule has 3 rings (SSSR count). The summed E-state index contributed by atoms with van der Waals surface area (Å²) in [6, 6.07) is 3.44. The smallest absolute Gasteiger partial charge is 0.340 e. The molecule has 3 aromatic rings. The Kier molecular flexibility index (Phi) is 6.67. The van der Waals surface area contributed by atoms with Crippen molar-refractivity contribution in [2.24, 2.45) is 0 Å². The zero-order chi connectivity index (χ0) is 23.4. The van der Waals surface area contributed by atoms with E-state index in [9.17, 15) is 24.3 Å². The molecule has 1 unspecified atom stereocenters. The molecule has 1 aromatic carbocycles. The van der Waals surface area contributed by atoms with Gasteiger partial charge in [-0.05, 0) is 31.0 Å². The van der Waals surface area contributed by atoms with Crippen LogP contribution >= 0.6 is 0 Å². The van der Waals surface area contributed by atoms with Crippen molar-refractivity contribution in [2.45, 2.75) is 45.6 Å². The van der Waals surface area contributed by atoms with Gasteiger partial charge in [0.15, 0.2) is 0 Å². The standard InChI is InChI=1S/C21H22N4O7/c1-3-4-13-10-25(24-23-13)16(9-19(28)29)20(30)22-12-5-6-14-11(2)15(8-18(26)27)21(31)32-17(14)7-12/h5-7,10,16H,3-4,8-9H2,1-2H3,(H,22,30)(H,26,27)(H,28,29). The molecule has 0 aliphatic heterocycles. The molecular formula is C21H22N4O7. The second kappa shape index (κ2) is 9.41. The van der Waals surface area contributed by atoms with Gasteiger partial charge in [-0.1, -0.05) is 18.6 Å². The number of aliphatic carboxylic acids is 2. The summed E-state index contributed by atoms with van der Waals surface area (Å²) in [4.78, 5) is 47.3. The number of hydrogen-bond donors (Lipinski definition) is 3. The predicted molar refractivity (Wildman–Crippen MR) is 112 cm³/mol. The molecule has 168 valence electrons. The lowest BCUT2D eigenvalue weighted by molar-refractivity contribution is -0.140. The fourth-order valence-corrected chi connectivity index (χ4v) is 3.36. The number of amides is 1. The molecule has 0 radical (unpaired) electrons. The SMILES string of the molecule is CCCc1cn(C(CC(=O)O)C(=O)Nc2ccc3c(C)c(CC(=O)O)c(=O)oc3c2)nn1. The van der Waals surface area contributed by atoms with Crippen LogP contribution in [0.5, 0.6) is 0 Å². The quantitative estimate of drug-likeness (QED) is 0.420. The summed E-state index contributed by atoms with van der Waals surface area (Å²) in [5.74, 6) is -2.95. The van der Waals surface area contributed by atoms with E-state index in [0.29, 0.717) is 23.1 Å². The largest absolute Gasteiger partial charge is 0.481 e. The Balaban J connectivity index is 1.90. The number of carbonyl (C=O) groups excluding carboxylic acids is 1. The summed E-state index contributed by atoms with van der Waals surface area (Å²) in [6.45, 7) is 3.59. The molecular weight excluding hydrogens is 420 g/mol. The van der Waals surface area contributed by atoms with Crippen molar-refractivity contribution >= 4 is 34.5 Å². The first kappa shape index (κ1) is 22.7. The number of rotatable bonds is 9. The Hall–Kier alpha value is -4.02. The summed E-state index contributed by atoms with van der Waals surface area (Å²) in [5.41, 5.74) is 0.857. The first-order valence-electron chi connectivity index (χ1n) is 9.91. The number of hydrogen-bond acceptors (Lipinski definition) is 7. The predicted octanol–water partition coefficient (Wildman–Crippen LogP) is 1.93. The van der Waals surface area contributed by atoms with Crippen molar-refractivity contribution in [3.05, 3.63) is 51.6 Å². The van der Waals surface area contributed by atoms with Gasteiger partial charge in [0.05, 0.1) is 24.1 Å². The molecule has 0 spiro atoms. The maximum absolute atomic E-state index is 12.8. The summed E-state index contributed by atoms with van der Waals surface area (Å²) < 4.78 is 6.46. The van der Waals surface area contributed by atoms with Gasteiger partial charge in [0, 0.05) is 23.3 Å². The molecule has 1 amide bonds. The van der Waals surface area contributed by atoms with Crippen molar-refractivity contribution in [2.75, 3.05) is 5.32 Å². The molecule has 11 heteroatoms. The minimum atomic E-state index is -1.18. The maximum atomic E-state index is 12.8. The zero-order valence-electron chi connectivity index (χ0n) is 17.5. The van der Waals surface area contributed by atoms with E-state index < -0.39 is 42.4 Å². The van der Waals surface area contributed by atoms with E-state index in [0.717, 1.165) is 6.42 Å². The average Bonchev–Trinajstić information content (AvgIpc) is 3.17. The van der Waals surface area contributed by atoms with Crippen LogP contribution in [0.3, 0.4) is 0 Å². The first-order chi connectivity index (χ1) is 15.2. The van der Waals surface area contributed by atoms with Crippen molar-refractivity contribution in [3.8, 4) is 0 Å². The van der Waals surface area contributed by atoms with Crippen LogP contribution < -0.4 is 10.9 Å². The first-order valence-corrected chi connectivity index (χ1v) is 9.91. The van der Waals surface area contributed by atoms with Crippen molar-refractivity contribution in [3.63, 3.8) is 0 Å². The lowest BCUT2D eigenvalue weighted by Gasteiger charge is -2.15. The van der Waals surface area contributed by atoms with Gasteiger partial charge in [-0.2, -0.15) is 0 Å². The number of anilines is 1. The fraction of sp³-hybridized carbons (Fsp3) is 0.333. The van der Waals surface area contributed by atoms with Crippen molar-refractivity contribution in [1.82, 2.24) is 15.0 Å². The second-order valence-corrected chi connectivity index (χ2v) is 7.32. The Bertz CT molecular complexity index is 1240. The van der Waals surface area contributed by atoms with Crippen molar-refractivity contribution in [1.29, 1.82) is 0 Å². The molecule has 0 saturated carbocycles. The highest BCUT2D eigenvalue weighted by Crippen LogP contribution is 2.24. The third-order valence-electron chi connectivity index (χ3n) is 4.94. The minimum absolute atomic E-state index is 0.0531. The second-order valence-electron chi connectivity index (χ2n) is 7.32. The van der Waals surface area contributed by atoms with Gasteiger partial charge in [-0.3, -0.25) is 14.4 Å². The number of carboxylic acid groups (broad SMARTS) is 2. The van der Waals surface area contributed by atoms with Gasteiger partial charge in [-0.25, -0.2) is 9.48 Å². The van der Waals surface area contributed by atoms with Crippen LogP contribution in [0.2, 0.25) is 0 Å². The van der Waals surface area contributed by atoms with E-state index in [1.807, 2.05) is 6.92 Å². The molecule has 0 bridgehead atoms. The zero-order valence-corrected chi connectivity index (χ0v) is 17.5. The van der Waals surface area contributed by atoms with E-state index in [1.165, 1.54) is 10.7 Å². The molecule has 0 saturated heterocycles. The molecule has 3 N–H and O–H groups in total. The van der Waals surface area contributed by atoms with Crippen LogP contribution in [0.4, 0.5) is 5.69 Å². The third-order valence-corrected chi connectivity index (χ3v) is 4.94. The highest BCUT2D eigenvalue weighted by atomic mass is 16.4. The summed E-state index contributed by atoms with van der Waals surface area (Å²) in [6.07, 6.45) is 2.06. The van der Waals surface area contributed by atoms with Gasteiger partial charge in [0.1, 0.15) is 11.6 Å². The van der Waals surface area contributed by atoms with Crippen LogP contribution in [0.1, 0.15) is 42.6 Å². The van der Waals surface area contributed by atoms with E-state index in [2.05, 4.69) is 15.6 Å². The number of fused-ring (bicyclic) bond motifs is 1. The summed E-state index contributed by atoms with van der Waals surface area (Å²) in [5, 5.41) is 29.2. The summed E-state index contributed by atoms with van der Waals surface area (Å²) >= 11 is 0. The summed E-state index contributed by atoms with van der Waals surface area (Å²) in [7, 11) is 0. The number of carbonyl (C=O) groups is 3. The molecule has 32 heavy (non-hydrogen) atoms. The Morgan fingerprint density at radius 1 is 1.22 bits per heavy atom. The lowest BCUT2D eigenvalue weighted by Crippen LogP contribution is -2.28. The topological polar surface area (TPSA) is 165 Å². The fourth-order valence-electron chi connectivity index (χ4n) is 3.36. The van der Waals surface area contributed by atoms with E-state index in [-0.39, 0.29) is 16.8 Å². The Labute approximate surface area is 181 Å². The van der Waals surface area contributed by atoms with Gasteiger partial charge < -0.3 is 19.9 Å². The Morgan fingerprint density at radius 3 is 2.62 bits per heavy atom. The van der Waals surface area contributed by atoms with Gasteiger partial charge >= 0.3 is 17.6 Å². The normalized spacial score (nSPS) is 11.9. The lowest BCUT2D eigenvalue weighted by atomic mass is 10.0. The molecule has 2 aromatic heterocycles. The number of benzene rings is 1. The number of aromatic nitrogens is 3. The van der Waals surface area contributed by atoms with Crippen LogP contribution in [0.15, 0.2) is 33.6 Å². The van der Waals surface area contributed by atoms with Gasteiger partial charge in [0.2, 0.25) is 5.91 Å². The monoisotopic (exact) mass is 442 g/mol. The van der Waals surface area contributed by atoms with Crippen LogP contribution in [0, 0.1) is 6.92 Å². The molecule has 0 aliphatic rings. The number of carboxylic acids is 2. The minimum Gasteiger partial charge on any atom is -0.481 e. The number of nitrogens with zero attached hydrogens (tertiary/aromatic N) is 3. The molecule has 0 aliphatic carbocycles. The van der Waals surface area contributed by atoms with E-state index in [4.69, 9.17) is 9.52 Å². The van der Waals surface area contributed by atoms with E-state index >= 15 is 0 Å². The van der Waals surface area contributed by atoms with Crippen LogP contribution in [0.25, 0.3) is 11.0 Å². The van der Waals surface area contributed by atoms with Crippen LogP contribution in [-0.4, -0.2) is 43.1 Å². The highest BCUT2D eigenvalue weighted by Gasteiger charge is 2.25. The number of nitrogens with one attached hydrogen (secondary N) is 1. The molecule has 2 heterocycles.